The first kappa shape index (κ1) is 14.6. The van der Waals surface area contributed by atoms with Crippen LogP contribution >= 0.6 is 11.6 Å². The number of nitrogens with one attached hydrogen (secondary N) is 1. The fourth-order valence-electron chi connectivity index (χ4n) is 2.24. The van der Waals surface area contributed by atoms with Crippen LogP contribution in [0.1, 0.15) is 16.1 Å². The van der Waals surface area contributed by atoms with Crippen LogP contribution in [0, 0.1) is 0 Å². The van der Waals surface area contributed by atoms with Crippen molar-refractivity contribution in [3.63, 3.8) is 0 Å². The number of hydrogen-bond donors (Lipinski definition) is 2. The lowest BCUT2D eigenvalue weighted by Gasteiger charge is -2.06. The van der Waals surface area contributed by atoms with E-state index in [0.717, 1.165) is 5.56 Å². The van der Waals surface area contributed by atoms with Crippen molar-refractivity contribution < 1.29 is 9.90 Å². The van der Waals surface area contributed by atoms with Gasteiger partial charge in [0.2, 0.25) is 0 Å². The summed E-state index contributed by atoms with van der Waals surface area (Å²) in [5, 5.41) is 11.9. The van der Waals surface area contributed by atoms with Gasteiger partial charge in [0.15, 0.2) is 10.8 Å². The highest BCUT2D eigenvalue weighted by atomic mass is 35.5. The number of aliphatic hydroxyl groups is 1. The molecule has 0 aliphatic rings. The molecule has 5 nitrogen and oxygen atoms in total. The number of carbonyl (C=O) groups is 1. The van der Waals surface area contributed by atoms with E-state index < -0.39 is 0 Å². The minimum atomic E-state index is -0.321. The molecule has 1 aromatic carbocycles. The number of hydrogen-bond acceptors (Lipinski definition) is 3. The Morgan fingerprint density at radius 2 is 2.00 bits per heavy atom. The van der Waals surface area contributed by atoms with Gasteiger partial charge in [0, 0.05) is 18.5 Å². The first-order valence-corrected chi connectivity index (χ1v) is 7.20. The Labute approximate surface area is 132 Å². The Kier molecular flexibility index (Phi) is 4.09. The van der Waals surface area contributed by atoms with Crippen LogP contribution in [0.25, 0.3) is 5.65 Å². The second-order valence-electron chi connectivity index (χ2n) is 4.80. The van der Waals surface area contributed by atoms with E-state index in [-0.39, 0.29) is 17.7 Å². The molecule has 0 saturated carbocycles. The van der Waals surface area contributed by atoms with Gasteiger partial charge in [-0.25, -0.2) is 4.98 Å². The zero-order valence-corrected chi connectivity index (χ0v) is 12.4. The van der Waals surface area contributed by atoms with Gasteiger partial charge in [-0.2, -0.15) is 0 Å². The number of fused-ring (bicyclic) bond motifs is 1. The third-order valence-electron chi connectivity index (χ3n) is 3.31. The third kappa shape index (κ3) is 2.81. The molecular formula is C16H14ClN3O2. The molecule has 0 fully saturated rings. The largest absolute Gasteiger partial charge is 0.396 e. The second-order valence-corrected chi connectivity index (χ2v) is 5.16. The molecule has 2 aromatic heterocycles. The maximum absolute atomic E-state index is 12.4. The molecule has 0 bridgehead atoms. The number of anilines is 1. The monoisotopic (exact) mass is 315 g/mol. The first-order valence-electron chi connectivity index (χ1n) is 6.83. The number of amides is 1. The van der Waals surface area contributed by atoms with Gasteiger partial charge >= 0.3 is 0 Å². The minimum Gasteiger partial charge on any atom is -0.396 e. The molecule has 2 heterocycles. The molecule has 0 aliphatic heterocycles. The van der Waals surface area contributed by atoms with Gasteiger partial charge in [-0.3, -0.25) is 9.20 Å². The number of rotatable bonds is 4. The molecule has 2 N–H and O–H groups in total. The summed E-state index contributed by atoms with van der Waals surface area (Å²) in [6.07, 6.45) is 2.33. The van der Waals surface area contributed by atoms with Crippen LogP contribution < -0.4 is 5.32 Å². The quantitative estimate of drug-likeness (QED) is 0.778. The number of halogens is 1. The van der Waals surface area contributed by atoms with Gasteiger partial charge in [-0.15, -0.1) is 0 Å². The molecule has 0 saturated heterocycles. The van der Waals surface area contributed by atoms with E-state index in [9.17, 15) is 4.79 Å². The van der Waals surface area contributed by atoms with E-state index in [1.807, 2.05) is 24.3 Å². The number of benzene rings is 1. The summed E-state index contributed by atoms with van der Waals surface area (Å²) in [4.78, 5) is 16.6. The fourth-order valence-corrected chi connectivity index (χ4v) is 2.51. The molecule has 0 radical (unpaired) electrons. The third-order valence-corrected chi connectivity index (χ3v) is 3.58. The van der Waals surface area contributed by atoms with Gasteiger partial charge in [0.05, 0.1) is 0 Å². The maximum Gasteiger partial charge on any atom is 0.275 e. The molecule has 22 heavy (non-hydrogen) atoms. The van der Waals surface area contributed by atoms with E-state index in [0.29, 0.717) is 23.4 Å². The van der Waals surface area contributed by atoms with Crippen LogP contribution in [0.4, 0.5) is 5.69 Å². The second kappa shape index (κ2) is 6.17. The zero-order valence-electron chi connectivity index (χ0n) is 11.7. The number of carbonyl (C=O) groups excluding carboxylic acids is 1. The lowest BCUT2D eigenvalue weighted by molar-refractivity contribution is 0.102. The van der Waals surface area contributed by atoms with Crippen molar-refractivity contribution in [3.05, 3.63) is 65.1 Å². The van der Waals surface area contributed by atoms with Crippen LogP contribution in [0.15, 0.2) is 48.7 Å². The molecule has 0 atom stereocenters. The molecule has 0 spiro atoms. The summed E-state index contributed by atoms with van der Waals surface area (Å²) in [6.45, 7) is 0.100. The normalized spacial score (nSPS) is 10.8. The standard InChI is InChI=1S/C16H14ClN3O2/c17-15-14(20-9-2-1-3-13(20)19-15)16(22)18-12-6-4-11(5-7-12)8-10-21/h1-7,9,21H,8,10H2,(H,18,22). The van der Waals surface area contributed by atoms with Gasteiger partial charge in [0.1, 0.15) is 5.65 Å². The van der Waals surface area contributed by atoms with E-state index in [2.05, 4.69) is 10.3 Å². The van der Waals surface area contributed by atoms with E-state index in [4.69, 9.17) is 16.7 Å². The molecule has 0 unspecified atom stereocenters. The lowest BCUT2D eigenvalue weighted by atomic mass is 10.1. The Balaban J connectivity index is 1.85. The lowest BCUT2D eigenvalue weighted by Crippen LogP contribution is -2.14. The van der Waals surface area contributed by atoms with Crippen molar-refractivity contribution in [1.29, 1.82) is 0 Å². The summed E-state index contributed by atoms with van der Waals surface area (Å²) in [6, 6.07) is 12.7. The zero-order chi connectivity index (χ0) is 15.5. The number of aromatic nitrogens is 2. The molecule has 3 aromatic rings. The van der Waals surface area contributed by atoms with E-state index in [1.165, 1.54) is 0 Å². The van der Waals surface area contributed by atoms with Crippen molar-refractivity contribution >= 4 is 28.8 Å². The number of pyridine rings is 1. The maximum atomic E-state index is 12.4. The summed E-state index contributed by atoms with van der Waals surface area (Å²) >= 11 is 6.07. The van der Waals surface area contributed by atoms with E-state index in [1.54, 1.807) is 28.8 Å². The van der Waals surface area contributed by atoms with Crippen LogP contribution in [0.5, 0.6) is 0 Å². The van der Waals surface area contributed by atoms with Gasteiger partial charge in [-0.1, -0.05) is 29.8 Å². The predicted molar refractivity (Wildman–Crippen MR) is 85.4 cm³/mol. The van der Waals surface area contributed by atoms with Gasteiger partial charge in [0.25, 0.3) is 5.91 Å². The van der Waals surface area contributed by atoms with Crippen molar-refractivity contribution in [1.82, 2.24) is 9.38 Å². The molecule has 3 rings (SSSR count). The first-order chi connectivity index (χ1) is 10.7. The van der Waals surface area contributed by atoms with Crippen LogP contribution in [-0.2, 0) is 6.42 Å². The van der Waals surface area contributed by atoms with Crippen LogP contribution in [-0.4, -0.2) is 27.0 Å². The summed E-state index contributed by atoms with van der Waals surface area (Å²) < 4.78 is 1.65. The Hall–Kier alpha value is -2.37. The number of aliphatic hydroxyl groups excluding tert-OH is 1. The number of nitrogens with zero attached hydrogens (tertiary/aromatic N) is 2. The Morgan fingerprint density at radius 3 is 2.73 bits per heavy atom. The van der Waals surface area contributed by atoms with Gasteiger partial charge < -0.3 is 10.4 Å². The highest BCUT2D eigenvalue weighted by molar-refractivity contribution is 6.33. The minimum absolute atomic E-state index is 0.100. The highest BCUT2D eigenvalue weighted by Crippen LogP contribution is 2.19. The van der Waals surface area contributed by atoms with Crippen LogP contribution in [0.2, 0.25) is 5.15 Å². The molecule has 0 aliphatic carbocycles. The summed E-state index contributed by atoms with van der Waals surface area (Å²) in [5.41, 5.74) is 2.59. The van der Waals surface area contributed by atoms with Crippen molar-refractivity contribution in [3.8, 4) is 0 Å². The highest BCUT2D eigenvalue weighted by Gasteiger charge is 2.17. The topological polar surface area (TPSA) is 66.6 Å². The molecule has 112 valence electrons. The van der Waals surface area contributed by atoms with Gasteiger partial charge in [-0.05, 0) is 36.2 Å². The van der Waals surface area contributed by atoms with E-state index >= 15 is 0 Å². The fraction of sp³-hybridized carbons (Fsp3) is 0.125. The van der Waals surface area contributed by atoms with Crippen molar-refractivity contribution in [2.24, 2.45) is 0 Å². The average molecular weight is 316 g/mol. The van der Waals surface area contributed by atoms with Crippen molar-refractivity contribution in [2.45, 2.75) is 6.42 Å². The van der Waals surface area contributed by atoms with Crippen LogP contribution in [0.3, 0.4) is 0 Å². The van der Waals surface area contributed by atoms with Crippen molar-refractivity contribution in [2.75, 3.05) is 11.9 Å². The Bertz CT molecular complexity index is 812. The smallest absolute Gasteiger partial charge is 0.275 e. The molecular weight excluding hydrogens is 302 g/mol. The Morgan fingerprint density at radius 1 is 1.23 bits per heavy atom. The average Bonchev–Trinajstić information content (AvgIpc) is 2.85. The molecule has 6 heteroatoms. The number of imidazole rings is 1. The SMILES string of the molecule is O=C(Nc1ccc(CCO)cc1)c1c(Cl)nc2ccccn12. The summed E-state index contributed by atoms with van der Waals surface area (Å²) in [7, 11) is 0. The summed E-state index contributed by atoms with van der Waals surface area (Å²) in [5.74, 6) is -0.321. The predicted octanol–water partition coefficient (Wildman–Crippen LogP) is 2.77. The molecule has 1 amide bonds.